The second-order valence-corrected chi connectivity index (χ2v) is 12.8. The molecule has 0 aromatic rings. The number of allylic oxidation sites excluding steroid dienone is 4. The van der Waals surface area contributed by atoms with E-state index < -0.39 is 23.4 Å². The van der Waals surface area contributed by atoms with Crippen molar-refractivity contribution >= 4 is 11.8 Å². The van der Waals surface area contributed by atoms with Gasteiger partial charge < -0.3 is 15.4 Å². The summed E-state index contributed by atoms with van der Waals surface area (Å²) in [6, 6.07) is 0. The van der Waals surface area contributed by atoms with Crippen molar-refractivity contribution in [2.45, 2.75) is 72.8 Å². The first-order valence-electron chi connectivity index (χ1n) is 12.9. The molecule has 0 aromatic heterocycles. The predicted octanol–water partition coefficient (Wildman–Crippen LogP) is 4.57. The molecule has 0 aromatic carbocycles. The zero-order valence-corrected chi connectivity index (χ0v) is 21.9. The highest BCUT2D eigenvalue weighted by atomic mass is 16.5. The van der Waals surface area contributed by atoms with Crippen LogP contribution in [-0.4, -0.2) is 51.4 Å². The Morgan fingerprint density at radius 3 is 2.51 bits per heavy atom. The molecule has 0 aliphatic heterocycles. The molecule has 3 N–H and O–H groups in total. The highest BCUT2D eigenvalue weighted by Crippen LogP contribution is 2.67. The van der Waals surface area contributed by atoms with Gasteiger partial charge in [-0.15, -0.1) is 12.8 Å². The molecule has 3 fully saturated rings. The summed E-state index contributed by atoms with van der Waals surface area (Å²) < 4.78 is 0. The Morgan fingerprint density at radius 2 is 1.91 bits per heavy atom. The summed E-state index contributed by atoms with van der Waals surface area (Å²) in [6.45, 7) is 11.5. The van der Waals surface area contributed by atoms with E-state index in [0.29, 0.717) is 19.5 Å². The maximum atomic E-state index is 12.5. The molecular weight excluding hydrogens is 442 g/mol. The summed E-state index contributed by atoms with van der Waals surface area (Å²) in [6.07, 6.45) is 16.5. The zero-order valence-electron chi connectivity index (χ0n) is 21.9. The minimum Gasteiger partial charge on any atom is -0.481 e. The minimum atomic E-state index is -0.814. The molecule has 0 bridgehead atoms. The second-order valence-electron chi connectivity index (χ2n) is 12.8. The number of hydroxylamine groups is 2. The van der Waals surface area contributed by atoms with Crippen molar-refractivity contribution in [2.75, 3.05) is 13.1 Å². The van der Waals surface area contributed by atoms with Crippen molar-refractivity contribution in [2.24, 2.45) is 45.8 Å². The van der Waals surface area contributed by atoms with Gasteiger partial charge in [0, 0.05) is 24.4 Å². The monoisotopic (exact) mass is 485 g/mol. The Kier molecular flexibility index (Phi) is 7.77. The third-order valence-corrected chi connectivity index (χ3v) is 9.50. The SMILES string of the molecule is C#C.CC(C)(C)CCN(O)C[C@@H]1CC2[C@@H]3CCC4=CC(=O)C=C[C@]4(C)C3[C@@H](O)C[C@]2(C)[C@H]1C(=O)O. The van der Waals surface area contributed by atoms with Crippen LogP contribution in [-0.2, 0) is 9.59 Å². The van der Waals surface area contributed by atoms with Crippen molar-refractivity contribution in [3.63, 3.8) is 0 Å². The lowest BCUT2D eigenvalue weighted by molar-refractivity contribution is -0.159. The fourth-order valence-corrected chi connectivity index (χ4v) is 8.00. The molecule has 4 rings (SSSR count). The predicted molar refractivity (Wildman–Crippen MR) is 135 cm³/mol. The fourth-order valence-electron chi connectivity index (χ4n) is 8.00. The van der Waals surface area contributed by atoms with Gasteiger partial charge in [-0.2, -0.15) is 5.06 Å². The standard InChI is InChI=1S/C27H41NO5.C2H2/c1-25(2,3)10-11-28(33)15-16-12-20-19-7-6-17-13-18(29)8-9-26(17,4)23(19)21(30)14-27(20,5)22(16)24(31)32;1-2/h8-9,13,16,19-23,30,33H,6-7,10-12,14-15H2,1-5H3,(H,31,32);1-2H/t16-,19-,20?,21-,22+,23?,26-,27-;/m0./s1. The lowest BCUT2D eigenvalue weighted by Crippen LogP contribution is -2.56. The van der Waals surface area contributed by atoms with E-state index >= 15 is 0 Å². The Morgan fingerprint density at radius 1 is 1.26 bits per heavy atom. The number of aliphatic hydroxyl groups is 1. The van der Waals surface area contributed by atoms with Crippen LogP contribution in [0.15, 0.2) is 23.8 Å². The van der Waals surface area contributed by atoms with Crippen LogP contribution in [0.4, 0.5) is 0 Å². The number of carboxylic acids is 1. The number of hydrogen-bond acceptors (Lipinski definition) is 5. The Balaban J connectivity index is 0.00000167. The molecular formula is C29H43NO5. The molecule has 2 unspecified atom stereocenters. The lowest BCUT2D eigenvalue weighted by atomic mass is 9.47. The number of aliphatic carboxylic acids is 1. The van der Waals surface area contributed by atoms with E-state index in [9.17, 15) is 25.0 Å². The smallest absolute Gasteiger partial charge is 0.307 e. The second kappa shape index (κ2) is 9.84. The first-order valence-corrected chi connectivity index (χ1v) is 12.9. The van der Waals surface area contributed by atoms with Gasteiger partial charge in [0.2, 0.25) is 0 Å². The van der Waals surface area contributed by atoms with Crippen LogP contribution in [0, 0.1) is 58.7 Å². The number of carboxylic acid groups (broad SMARTS) is 1. The maximum Gasteiger partial charge on any atom is 0.307 e. The van der Waals surface area contributed by atoms with Crippen LogP contribution in [0.3, 0.4) is 0 Å². The van der Waals surface area contributed by atoms with Gasteiger partial charge in [-0.3, -0.25) is 9.59 Å². The van der Waals surface area contributed by atoms with Gasteiger partial charge >= 0.3 is 5.97 Å². The minimum absolute atomic E-state index is 0.0146. The number of terminal acetylenes is 1. The van der Waals surface area contributed by atoms with Gasteiger partial charge in [-0.05, 0) is 72.8 Å². The van der Waals surface area contributed by atoms with E-state index in [1.165, 1.54) is 5.06 Å². The number of carbonyl (C=O) groups is 2. The molecule has 0 saturated heterocycles. The van der Waals surface area contributed by atoms with E-state index in [1.54, 1.807) is 12.2 Å². The first kappa shape index (κ1) is 27.6. The average molecular weight is 486 g/mol. The molecule has 4 aliphatic rings. The van der Waals surface area contributed by atoms with Crippen LogP contribution < -0.4 is 0 Å². The van der Waals surface area contributed by atoms with Gasteiger partial charge in [0.15, 0.2) is 5.78 Å². The number of rotatable bonds is 5. The summed E-state index contributed by atoms with van der Waals surface area (Å²) in [5.41, 5.74) is 0.335. The average Bonchev–Trinajstić information content (AvgIpc) is 3.04. The summed E-state index contributed by atoms with van der Waals surface area (Å²) >= 11 is 0. The van der Waals surface area contributed by atoms with E-state index in [4.69, 9.17) is 0 Å². The van der Waals surface area contributed by atoms with Crippen LogP contribution in [0.5, 0.6) is 0 Å². The Hall–Kier alpha value is -1.94. The third-order valence-electron chi connectivity index (χ3n) is 9.50. The van der Waals surface area contributed by atoms with Crippen LogP contribution in [0.1, 0.15) is 66.7 Å². The van der Waals surface area contributed by atoms with Gasteiger partial charge in [-0.25, -0.2) is 0 Å². The Labute approximate surface area is 210 Å². The fraction of sp³-hybridized carbons (Fsp3) is 0.724. The van der Waals surface area contributed by atoms with Crippen LogP contribution in [0.2, 0.25) is 0 Å². The molecule has 0 heterocycles. The Bertz CT molecular complexity index is 914. The number of fused-ring (bicyclic) bond motifs is 5. The van der Waals surface area contributed by atoms with E-state index in [-0.39, 0.29) is 40.3 Å². The van der Waals surface area contributed by atoms with Gasteiger partial charge in [0.05, 0.1) is 12.0 Å². The van der Waals surface area contributed by atoms with Crippen molar-refractivity contribution in [3.05, 3.63) is 23.8 Å². The maximum absolute atomic E-state index is 12.5. The zero-order chi connectivity index (χ0) is 26.3. The molecule has 6 nitrogen and oxygen atoms in total. The molecule has 0 spiro atoms. The van der Waals surface area contributed by atoms with Gasteiger partial charge in [-0.1, -0.05) is 46.3 Å². The van der Waals surface area contributed by atoms with Gasteiger partial charge in [0.1, 0.15) is 0 Å². The molecule has 0 amide bonds. The number of hydrogen-bond donors (Lipinski definition) is 3. The highest BCUT2D eigenvalue weighted by molar-refractivity contribution is 6.01. The quantitative estimate of drug-likeness (QED) is 0.390. The first-order chi connectivity index (χ1) is 16.3. The number of aliphatic hydroxyl groups excluding tert-OH is 1. The van der Waals surface area contributed by atoms with E-state index in [1.807, 2.05) is 6.08 Å². The molecule has 4 aliphatic carbocycles. The van der Waals surface area contributed by atoms with Crippen molar-refractivity contribution < 1.29 is 25.0 Å². The summed E-state index contributed by atoms with van der Waals surface area (Å²) in [7, 11) is 0. The van der Waals surface area contributed by atoms with Crippen molar-refractivity contribution in [3.8, 4) is 12.8 Å². The lowest BCUT2D eigenvalue weighted by Gasteiger charge is -2.58. The molecule has 0 radical (unpaired) electrons. The largest absolute Gasteiger partial charge is 0.481 e. The van der Waals surface area contributed by atoms with E-state index in [0.717, 1.165) is 31.3 Å². The van der Waals surface area contributed by atoms with Gasteiger partial charge in [0.25, 0.3) is 0 Å². The molecule has 8 atom stereocenters. The summed E-state index contributed by atoms with van der Waals surface area (Å²) in [5, 5.41) is 33.7. The number of ketones is 1. The van der Waals surface area contributed by atoms with Crippen molar-refractivity contribution in [1.82, 2.24) is 5.06 Å². The molecule has 35 heavy (non-hydrogen) atoms. The number of carbonyl (C=O) groups excluding carboxylic acids is 1. The summed E-state index contributed by atoms with van der Waals surface area (Å²) in [4.78, 5) is 24.5. The highest BCUT2D eigenvalue weighted by Gasteiger charge is 2.65. The number of nitrogens with zero attached hydrogens (tertiary/aromatic N) is 1. The van der Waals surface area contributed by atoms with Crippen LogP contribution in [0.25, 0.3) is 0 Å². The topological polar surface area (TPSA) is 98.1 Å². The molecule has 3 saturated carbocycles. The molecule has 194 valence electrons. The van der Waals surface area contributed by atoms with E-state index in [2.05, 4.69) is 47.5 Å². The van der Waals surface area contributed by atoms with Crippen LogP contribution >= 0.6 is 0 Å². The van der Waals surface area contributed by atoms with Crippen molar-refractivity contribution in [1.29, 1.82) is 0 Å². The normalized spacial score (nSPS) is 40.2. The molecule has 6 heteroatoms. The third kappa shape index (κ3) is 5.01. The summed E-state index contributed by atoms with van der Waals surface area (Å²) in [5.74, 6) is -1.17.